The summed E-state index contributed by atoms with van der Waals surface area (Å²) in [5.74, 6) is 1.45. The Morgan fingerprint density at radius 2 is 1.81 bits per heavy atom. The lowest BCUT2D eigenvalue weighted by atomic mass is 9.88. The van der Waals surface area contributed by atoms with E-state index in [1.807, 2.05) is 18.2 Å². The summed E-state index contributed by atoms with van der Waals surface area (Å²) in [7, 11) is 0. The van der Waals surface area contributed by atoms with Crippen LogP contribution in [0.15, 0.2) is 30.3 Å². The van der Waals surface area contributed by atoms with E-state index in [4.69, 9.17) is 11.6 Å². The first-order valence-electron chi connectivity index (χ1n) is 9.81. The molecule has 1 amide bonds. The molecule has 1 N–H and O–H groups in total. The molecule has 0 unspecified atom stereocenters. The van der Waals surface area contributed by atoms with E-state index >= 15 is 0 Å². The van der Waals surface area contributed by atoms with Crippen molar-refractivity contribution in [3.63, 3.8) is 0 Å². The van der Waals surface area contributed by atoms with E-state index in [0.717, 1.165) is 55.4 Å². The molecule has 1 aromatic carbocycles. The Labute approximate surface area is 159 Å². The van der Waals surface area contributed by atoms with E-state index < -0.39 is 0 Å². The average Bonchev–Trinajstić information content (AvgIpc) is 2.69. The second-order valence-electron chi connectivity index (χ2n) is 7.60. The molecular formula is C21H26ClN3O. The maximum Gasteiger partial charge on any atom is 0.223 e. The first-order valence-corrected chi connectivity index (χ1v) is 10.2. The number of piperidine rings is 1. The minimum Gasteiger partial charge on any atom is -0.356 e. The number of nitrogens with zero attached hydrogens (tertiary/aromatic N) is 2. The normalized spacial score (nSPS) is 19.7. The van der Waals surface area contributed by atoms with Crippen LogP contribution in [0.4, 0.5) is 5.82 Å². The monoisotopic (exact) mass is 371 g/mol. The number of hydrogen-bond acceptors (Lipinski definition) is 3. The molecular weight excluding hydrogens is 346 g/mol. The van der Waals surface area contributed by atoms with Gasteiger partial charge >= 0.3 is 0 Å². The summed E-state index contributed by atoms with van der Waals surface area (Å²) in [5, 5.41) is 5.96. The van der Waals surface area contributed by atoms with Crippen molar-refractivity contribution < 1.29 is 4.79 Å². The van der Waals surface area contributed by atoms with E-state index in [2.05, 4.69) is 27.3 Å². The van der Waals surface area contributed by atoms with Gasteiger partial charge in [0.25, 0.3) is 0 Å². The Balaban J connectivity index is 1.37. The maximum absolute atomic E-state index is 12.5. The van der Waals surface area contributed by atoms with Crippen LogP contribution in [0.3, 0.4) is 0 Å². The van der Waals surface area contributed by atoms with Gasteiger partial charge < -0.3 is 10.2 Å². The number of amides is 1. The summed E-state index contributed by atoms with van der Waals surface area (Å²) in [5.41, 5.74) is 0. The average molecular weight is 372 g/mol. The van der Waals surface area contributed by atoms with Crippen molar-refractivity contribution in [1.29, 1.82) is 0 Å². The van der Waals surface area contributed by atoms with Gasteiger partial charge in [-0.05, 0) is 37.1 Å². The van der Waals surface area contributed by atoms with Crippen LogP contribution in [0.5, 0.6) is 0 Å². The van der Waals surface area contributed by atoms with Crippen molar-refractivity contribution >= 4 is 34.1 Å². The minimum absolute atomic E-state index is 0.239. The quantitative estimate of drug-likeness (QED) is 0.805. The van der Waals surface area contributed by atoms with Crippen LogP contribution >= 0.6 is 11.6 Å². The van der Waals surface area contributed by atoms with Gasteiger partial charge in [0.2, 0.25) is 5.91 Å². The predicted molar refractivity (Wildman–Crippen MR) is 107 cm³/mol. The number of aromatic nitrogens is 1. The van der Waals surface area contributed by atoms with Crippen LogP contribution in [0.2, 0.25) is 5.15 Å². The number of nitrogens with one attached hydrogen (secondary N) is 1. The molecule has 4 rings (SSSR count). The first-order chi connectivity index (χ1) is 12.7. The van der Waals surface area contributed by atoms with Crippen molar-refractivity contribution in [1.82, 2.24) is 10.3 Å². The Morgan fingerprint density at radius 1 is 1.08 bits per heavy atom. The molecule has 5 heteroatoms. The fourth-order valence-electron chi connectivity index (χ4n) is 4.24. The molecule has 0 bridgehead atoms. The van der Waals surface area contributed by atoms with Crippen molar-refractivity contribution in [2.24, 2.45) is 5.92 Å². The molecule has 2 fully saturated rings. The molecule has 4 nitrogen and oxygen atoms in total. The van der Waals surface area contributed by atoms with Gasteiger partial charge in [0.05, 0.1) is 0 Å². The Kier molecular flexibility index (Phi) is 5.30. The molecule has 138 valence electrons. The van der Waals surface area contributed by atoms with Crippen molar-refractivity contribution in [3.8, 4) is 0 Å². The number of anilines is 1. The summed E-state index contributed by atoms with van der Waals surface area (Å²) in [6, 6.07) is 10.5. The summed E-state index contributed by atoms with van der Waals surface area (Å²) in [4.78, 5) is 19.3. The molecule has 2 aliphatic rings. The van der Waals surface area contributed by atoms with Crippen LogP contribution in [0.1, 0.15) is 44.9 Å². The summed E-state index contributed by atoms with van der Waals surface area (Å²) < 4.78 is 0. The van der Waals surface area contributed by atoms with Crippen LogP contribution in [-0.2, 0) is 4.79 Å². The highest BCUT2D eigenvalue weighted by Crippen LogP contribution is 2.28. The van der Waals surface area contributed by atoms with Gasteiger partial charge in [-0.2, -0.15) is 0 Å². The van der Waals surface area contributed by atoms with Crippen LogP contribution in [0.25, 0.3) is 10.8 Å². The molecule has 1 aliphatic heterocycles. The number of rotatable bonds is 3. The maximum atomic E-state index is 12.5. The topological polar surface area (TPSA) is 45.2 Å². The van der Waals surface area contributed by atoms with E-state index in [-0.39, 0.29) is 17.9 Å². The second kappa shape index (κ2) is 7.83. The SMILES string of the molecule is O=C(NC1CCN(c2cc3ccccc3c(Cl)n2)CC1)C1CCCCC1. The van der Waals surface area contributed by atoms with Crippen molar-refractivity contribution in [3.05, 3.63) is 35.5 Å². The molecule has 0 atom stereocenters. The zero-order valence-electron chi connectivity index (χ0n) is 15.1. The summed E-state index contributed by atoms with van der Waals surface area (Å²) in [6.07, 6.45) is 7.73. The third-order valence-corrected chi connectivity index (χ3v) is 6.11. The lowest BCUT2D eigenvalue weighted by Gasteiger charge is -2.34. The molecule has 1 aromatic heterocycles. The summed E-state index contributed by atoms with van der Waals surface area (Å²) in [6.45, 7) is 1.80. The standard InChI is InChI=1S/C21H26ClN3O/c22-20-18-9-5-4-8-16(18)14-19(24-20)25-12-10-17(11-13-25)23-21(26)15-6-2-1-3-7-15/h4-5,8-9,14-15,17H,1-3,6-7,10-13H2,(H,23,26). The van der Waals surface area contributed by atoms with Crippen molar-refractivity contribution in [2.45, 2.75) is 51.0 Å². The molecule has 1 aliphatic carbocycles. The lowest BCUT2D eigenvalue weighted by Crippen LogP contribution is -2.46. The zero-order valence-corrected chi connectivity index (χ0v) is 15.8. The second-order valence-corrected chi connectivity index (χ2v) is 7.96. The Morgan fingerprint density at radius 3 is 2.58 bits per heavy atom. The Hall–Kier alpha value is -1.81. The third-order valence-electron chi connectivity index (χ3n) is 5.82. The van der Waals surface area contributed by atoms with Gasteiger partial charge in [-0.15, -0.1) is 0 Å². The highest BCUT2D eigenvalue weighted by molar-refractivity contribution is 6.34. The van der Waals surface area contributed by atoms with E-state index in [1.165, 1.54) is 19.3 Å². The van der Waals surface area contributed by atoms with E-state index in [0.29, 0.717) is 5.15 Å². The number of halogens is 1. The van der Waals surface area contributed by atoms with Crippen LogP contribution in [0, 0.1) is 5.92 Å². The molecule has 2 heterocycles. The third kappa shape index (κ3) is 3.80. The highest BCUT2D eigenvalue weighted by atomic mass is 35.5. The number of pyridine rings is 1. The van der Waals surface area contributed by atoms with E-state index in [1.54, 1.807) is 0 Å². The predicted octanol–water partition coefficient (Wildman–Crippen LogP) is 4.55. The van der Waals surface area contributed by atoms with Gasteiger partial charge in [0.1, 0.15) is 11.0 Å². The lowest BCUT2D eigenvalue weighted by molar-refractivity contribution is -0.126. The smallest absolute Gasteiger partial charge is 0.223 e. The summed E-state index contributed by atoms with van der Waals surface area (Å²) >= 11 is 6.37. The number of hydrogen-bond donors (Lipinski definition) is 1. The van der Waals surface area contributed by atoms with Crippen LogP contribution in [-0.4, -0.2) is 30.0 Å². The number of fused-ring (bicyclic) bond motifs is 1. The fourth-order valence-corrected chi connectivity index (χ4v) is 4.50. The molecule has 26 heavy (non-hydrogen) atoms. The molecule has 2 aromatic rings. The van der Waals surface area contributed by atoms with Crippen molar-refractivity contribution in [2.75, 3.05) is 18.0 Å². The fraction of sp³-hybridized carbons (Fsp3) is 0.524. The van der Waals surface area contributed by atoms with Gasteiger partial charge in [0.15, 0.2) is 0 Å². The molecule has 0 radical (unpaired) electrons. The Bertz CT molecular complexity index is 780. The number of benzene rings is 1. The van der Waals surface area contributed by atoms with Gasteiger partial charge in [-0.25, -0.2) is 4.98 Å². The minimum atomic E-state index is 0.239. The molecule has 0 spiro atoms. The molecule has 1 saturated carbocycles. The zero-order chi connectivity index (χ0) is 17.9. The highest BCUT2D eigenvalue weighted by Gasteiger charge is 2.26. The van der Waals surface area contributed by atoms with Crippen LogP contribution < -0.4 is 10.2 Å². The van der Waals surface area contributed by atoms with Gasteiger partial charge in [-0.1, -0.05) is 55.1 Å². The first kappa shape index (κ1) is 17.6. The van der Waals surface area contributed by atoms with Gasteiger partial charge in [0, 0.05) is 30.4 Å². The molecule has 1 saturated heterocycles. The largest absolute Gasteiger partial charge is 0.356 e. The van der Waals surface area contributed by atoms with Gasteiger partial charge in [-0.3, -0.25) is 4.79 Å². The van der Waals surface area contributed by atoms with E-state index in [9.17, 15) is 4.79 Å². The number of carbonyl (C=O) groups excluding carboxylic acids is 1. The number of carbonyl (C=O) groups is 1.